The molecule has 3 amide bonds. The topological polar surface area (TPSA) is 114 Å². The summed E-state index contributed by atoms with van der Waals surface area (Å²) in [5.74, 6) is 1.26. The zero-order valence-electron chi connectivity index (χ0n) is 31.2. The Kier molecular flexibility index (Phi) is 22.5. The number of likely N-dealkylation sites (tertiary alicyclic amines) is 3. The molecule has 0 radical (unpaired) electrons. The Morgan fingerprint density at radius 1 is 0.875 bits per heavy atom. The predicted molar refractivity (Wildman–Crippen MR) is 195 cm³/mol. The minimum Gasteiger partial charge on any atom is -0.483 e. The summed E-state index contributed by atoms with van der Waals surface area (Å²) < 4.78 is 0. The minimum absolute atomic E-state index is 0.0133. The summed E-state index contributed by atoms with van der Waals surface area (Å²) in [6.07, 6.45) is 12.9. The van der Waals surface area contributed by atoms with Gasteiger partial charge in [-0.15, -0.1) is 0 Å². The number of amides is 3. The van der Waals surface area contributed by atoms with E-state index in [0.29, 0.717) is 13.0 Å². The molecule has 0 aromatic heterocycles. The number of rotatable bonds is 8. The van der Waals surface area contributed by atoms with E-state index >= 15 is 0 Å². The zero-order chi connectivity index (χ0) is 35.9. The summed E-state index contributed by atoms with van der Waals surface area (Å²) in [7, 11) is 3.98. The average molecular weight is 674 g/mol. The Morgan fingerprint density at radius 3 is 1.85 bits per heavy atom. The van der Waals surface area contributed by atoms with Crippen LogP contribution in [0.1, 0.15) is 97.1 Å². The van der Waals surface area contributed by atoms with Crippen LogP contribution in [0, 0.1) is 11.8 Å². The van der Waals surface area contributed by atoms with Gasteiger partial charge in [-0.25, -0.2) is 0 Å². The normalized spacial score (nSPS) is 19.2. The van der Waals surface area contributed by atoms with E-state index in [0.717, 1.165) is 51.2 Å². The lowest BCUT2D eigenvalue weighted by atomic mass is 10.0. The summed E-state index contributed by atoms with van der Waals surface area (Å²) in [5, 5.41) is 9.32. The fourth-order valence-corrected chi connectivity index (χ4v) is 6.50. The van der Waals surface area contributed by atoms with E-state index in [9.17, 15) is 14.4 Å². The SMILES string of the molecule is CC(C)C.CC(C)[C@@H](CN1CCC[C@H]1C(=O)N1CCCC1)N(C)C(=O)CNC=O.CN1CCCCC1.O=CO.c1ccc2c(c1)CCC2. The Balaban J connectivity index is 0.000000401. The van der Waals surface area contributed by atoms with E-state index in [4.69, 9.17) is 9.90 Å². The van der Waals surface area contributed by atoms with Crippen molar-refractivity contribution in [2.24, 2.45) is 11.8 Å². The highest BCUT2D eigenvalue weighted by Gasteiger charge is 2.37. The Labute approximate surface area is 291 Å². The largest absolute Gasteiger partial charge is 0.483 e. The quantitative estimate of drug-likeness (QED) is 0.376. The minimum atomic E-state index is -0.250. The molecule has 2 N–H and O–H groups in total. The van der Waals surface area contributed by atoms with Gasteiger partial charge in [-0.2, -0.15) is 0 Å². The van der Waals surface area contributed by atoms with Gasteiger partial charge in [-0.1, -0.05) is 65.3 Å². The number of fused-ring (bicyclic) bond motifs is 1. The lowest BCUT2D eigenvalue weighted by molar-refractivity contribution is -0.136. The second-order valence-electron chi connectivity index (χ2n) is 14.3. The monoisotopic (exact) mass is 674 g/mol. The summed E-state index contributed by atoms with van der Waals surface area (Å²) >= 11 is 0. The Hall–Kier alpha value is -2.98. The van der Waals surface area contributed by atoms with Crippen molar-refractivity contribution in [3.05, 3.63) is 35.4 Å². The first-order chi connectivity index (χ1) is 23.0. The molecule has 10 nitrogen and oxygen atoms in total. The van der Waals surface area contributed by atoms with E-state index in [2.05, 4.69) is 81.0 Å². The van der Waals surface area contributed by atoms with Crippen LogP contribution in [-0.4, -0.2) is 121 Å². The molecule has 1 aromatic carbocycles. The highest BCUT2D eigenvalue weighted by molar-refractivity contribution is 5.82. The number of carbonyl (C=O) groups is 4. The maximum atomic E-state index is 12.8. The number of nitrogens with zero attached hydrogens (tertiary/aromatic N) is 4. The molecule has 1 aliphatic carbocycles. The molecule has 4 aliphatic rings. The first-order valence-electron chi connectivity index (χ1n) is 18.2. The molecule has 10 heteroatoms. The van der Waals surface area contributed by atoms with Crippen LogP contribution in [0.3, 0.4) is 0 Å². The molecule has 3 fully saturated rings. The van der Waals surface area contributed by atoms with Crippen LogP contribution < -0.4 is 5.32 Å². The number of aryl methyl sites for hydroxylation is 2. The molecule has 5 rings (SSSR count). The Bertz CT molecular complexity index is 1010. The molecule has 3 aliphatic heterocycles. The zero-order valence-corrected chi connectivity index (χ0v) is 31.2. The number of hydrogen-bond donors (Lipinski definition) is 2. The van der Waals surface area contributed by atoms with Crippen LogP contribution in [0.25, 0.3) is 0 Å². The van der Waals surface area contributed by atoms with Crippen LogP contribution in [0.4, 0.5) is 0 Å². The maximum absolute atomic E-state index is 12.8. The van der Waals surface area contributed by atoms with Crippen molar-refractivity contribution in [3.63, 3.8) is 0 Å². The molecule has 2 atom stereocenters. The Morgan fingerprint density at radius 2 is 1.40 bits per heavy atom. The number of hydrogen-bond acceptors (Lipinski definition) is 6. The standard InChI is InChI=1S/C18H32N4O3.C9H10.C6H13N.C4H10.CH2O2/c1-14(2)16(20(3)17(24)11-19-13-23)12-22-10-6-7-15(22)18(25)21-8-4-5-9-21;1-2-5-9-7-3-6-8(9)4-1;1-7-5-3-2-4-6-7;1-4(2)3;2-1-3/h13-16H,4-12H2,1-3H3,(H,19,23);1-2,4-5H,3,6-7H2;2-6H2,1H3;4H,1-3H3;1H,(H,2,3)/t15-,16+;;;;/m0..../s1. The summed E-state index contributed by atoms with van der Waals surface area (Å²) in [4.78, 5) is 52.2. The van der Waals surface area contributed by atoms with Crippen molar-refractivity contribution >= 4 is 24.7 Å². The third-order valence-corrected chi connectivity index (χ3v) is 9.08. The maximum Gasteiger partial charge on any atom is 0.290 e. The summed E-state index contributed by atoms with van der Waals surface area (Å²) in [5.41, 5.74) is 3.13. The van der Waals surface area contributed by atoms with Gasteiger partial charge in [0.15, 0.2) is 0 Å². The average Bonchev–Trinajstić information content (AvgIpc) is 3.85. The highest BCUT2D eigenvalue weighted by atomic mass is 16.3. The molecule has 1 aromatic rings. The third kappa shape index (κ3) is 16.9. The molecular formula is C38H67N5O5. The van der Waals surface area contributed by atoms with Gasteiger partial charge in [-0.3, -0.25) is 24.1 Å². The van der Waals surface area contributed by atoms with Gasteiger partial charge < -0.3 is 25.1 Å². The first kappa shape index (κ1) is 43.0. The van der Waals surface area contributed by atoms with Gasteiger partial charge in [-0.05, 0) is 107 Å². The fraction of sp³-hybridized carbons (Fsp3) is 0.737. The van der Waals surface area contributed by atoms with E-state index in [-0.39, 0.29) is 42.8 Å². The number of carboxylic acid groups (broad SMARTS) is 1. The van der Waals surface area contributed by atoms with E-state index in [1.807, 2.05) is 4.90 Å². The van der Waals surface area contributed by atoms with Gasteiger partial charge in [0.1, 0.15) is 0 Å². The van der Waals surface area contributed by atoms with E-state index in [1.54, 1.807) is 23.1 Å². The van der Waals surface area contributed by atoms with Crippen LogP contribution in [0.5, 0.6) is 0 Å². The molecule has 0 saturated carbocycles. The van der Waals surface area contributed by atoms with Crippen molar-refractivity contribution in [2.45, 2.75) is 111 Å². The van der Waals surface area contributed by atoms with Crippen molar-refractivity contribution < 1.29 is 24.3 Å². The van der Waals surface area contributed by atoms with Crippen LogP contribution in [0.15, 0.2) is 24.3 Å². The molecular weight excluding hydrogens is 606 g/mol. The molecule has 0 unspecified atom stereocenters. The number of nitrogens with one attached hydrogen (secondary N) is 1. The van der Waals surface area contributed by atoms with Gasteiger partial charge >= 0.3 is 0 Å². The highest BCUT2D eigenvalue weighted by Crippen LogP contribution is 2.24. The van der Waals surface area contributed by atoms with E-state index < -0.39 is 0 Å². The number of benzene rings is 1. The van der Waals surface area contributed by atoms with Crippen molar-refractivity contribution in [1.29, 1.82) is 0 Å². The number of piperidine rings is 1. The molecule has 0 bridgehead atoms. The van der Waals surface area contributed by atoms with Crippen molar-refractivity contribution in [3.8, 4) is 0 Å². The van der Waals surface area contributed by atoms with Gasteiger partial charge in [0.25, 0.3) is 6.47 Å². The summed E-state index contributed by atoms with van der Waals surface area (Å²) in [6, 6.07) is 8.71. The lowest BCUT2D eigenvalue weighted by Gasteiger charge is -2.37. The number of likely N-dealkylation sites (N-methyl/N-ethyl adjacent to an activating group) is 1. The van der Waals surface area contributed by atoms with Crippen molar-refractivity contribution in [2.75, 3.05) is 59.9 Å². The smallest absolute Gasteiger partial charge is 0.290 e. The second-order valence-corrected chi connectivity index (χ2v) is 14.3. The fourth-order valence-electron chi connectivity index (χ4n) is 6.50. The number of carbonyl (C=O) groups excluding carboxylic acids is 3. The van der Waals surface area contributed by atoms with Crippen LogP contribution in [-0.2, 0) is 32.0 Å². The summed E-state index contributed by atoms with van der Waals surface area (Å²) in [6.45, 7) is 16.5. The van der Waals surface area contributed by atoms with Gasteiger partial charge in [0.05, 0.1) is 12.6 Å². The van der Waals surface area contributed by atoms with E-state index in [1.165, 1.54) is 51.6 Å². The molecule has 0 spiro atoms. The third-order valence-electron chi connectivity index (χ3n) is 9.08. The van der Waals surface area contributed by atoms with Crippen molar-refractivity contribution in [1.82, 2.24) is 24.9 Å². The van der Waals surface area contributed by atoms with Gasteiger partial charge in [0, 0.05) is 32.7 Å². The molecule has 3 heterocycles. The van der Waals surface area contributed by atoms with Crippen LogP contribution >= 0.6 is 0 Å². The molecule has 48 heavy (non-hydrogen) atoms. The van der Waals surface area contributed by atoms with Gasteiger partial charge in [0.2, 0.25) is 18.2 Å². The molecule has 3 saturated heterocycles. The lowest BCUT2D eigenvalue weighted by Crippen LogP contribution is -2.53. The van der Waals surface area contributed by atoms with Crippen LogP contribution in [0.2, 0.25) is 0 Å². The predicted octanol–water partition coefficient (Wildman–Crippen LogP) is 4.94. The first-order valence-corrected chi connectivity index (χ1v) is 18.2. The molecule has 274 valence electrons. The second kappa shape index (κ2) is 25.1.